The van der Waals surface area contributed by atoms with Gasteiger partial charge in [-0.15, -0.1) is 11.3 Å². The van der Waals surface area contributed by atoms with Gasteiger partial charge in [-0.1, -0.05) is 36.4 Å². The van der Waals surface area contributed by atoms with Gasteiger partial charge in [-0.2, -0.15) is 0 Å². The van der Waals surface area contributed by atoms with Gasteiger partial charge >= 0.3 is 0 Å². The SMILES string of the molecule is O=C(CCC(=O)N1CCCC1C(=O)N(Cc1ccccc1)c1ccc(Oc2ccc(F)cc2)cc1)c1cccs1. The molecule has 1 atom stereocenters. The summed E-state index contributed by atoms with van der Waals surface area (Å²) in [7, 11) is 0. The van der Waals surface area contributed by atoms with E-state index in [2.05, 4.69) is 0 Å². The number of carbonyl (C=O) groups is 3. The highest BCUT2D eigenvalue weighted by Gasteiger charge is 2.37. The standard InChI is InChI=1S/C32H29FN2O4S/c33-24-10-14-26(15-11-24)39-27-16-12-25(13-17-27)35(22-23-6-2-1-3-7-23)32(38)28-8-4-20-34(28)31(37)19-18-29(36)30-9-5-21-40-30/h1-3,5-7,9-17,21,28H,4,8,18-20,22H2. The number of Topliss-reactive ketones (excluding diaryl/α,β-unsaturated/α-hetero) is 1. The number of nitrogens with zero attached hydrogens (tertiary/aromatic N) is 2. The maximum atomic E-state index is 14.0. The fourth-order valence-corrected chi connectivity index (χ4v) is 5.52. The second-order valence-electron chi connectivity index (χ2n) is 9.61. The van der Waals surface area contributed by atoms with Crippen molar-refractivity contribution in [1.29, 1.82) is 0 Å². The summed E-state index contributed by atoms with van der Waals surface area (Å²) in [4.78, 5) is 43.6. The molecule has 8 heteroatoms. The van der Waals surface area contributed by atoms with Crippen LogP contribution in [-0.4, -0.2) is 35.1 Å². The molecule has 2 heterocycles. The Morgan fingerprint density at radius 3 is 2.25 bits per heavy atom. The summed E-state index contributed by atoms with van der Waals surface area (Å²) in [5.41, 5.74) is 1.63. The van der Waals surface area contributed by atoms with E-state index in [4.69, 9.17) is 4.74 Å². The highest BCUT2D eigenvalue weighted by Crippen LogP contribution is 2.29. The number of likely N-dealkylation sites (tertiary alicyclic amines) is 1. The van der Waals surface area contributed by atoms with E-state index in [0.29, 0.717) is 41.6 Å². The minimum Gasteiger partial charge on any atom is -0.457 e. The molecule has 0 aliphatic carbocycles. The number of amides is 2. The van der Waals surface area contributed by atoms with Crippen LogP contribution in [-0.2, 0) is 16.1 Å². The van der Waals surface area contributed by atoms with Crippen LogP contribution in [0.3, 0.4) is 0 Å². The van der Waals surface area contributed by atoms with E-state index in [1.54, 1.807) is 52.3 Å². The van der Waals surface area contributed by atoms with E-state index in [9.17, 15) is 18.8 Å². The number of thiophene rings is 1. The Labute approximate surface area is 236 Å². The Hall–Kier alpha value is -4.30. The summed E-state index contributed by atoms with van der Waals surface area (Å²) in [6.45, 7) is 0.833. The molecule has 0 saturated carbocycles. The molecule has 1 aliphatic heterocycles. The molecule has 6 nitrogen and oxygen atoms in total. The normalized spacial score (nSPS) is 14.6. The number of rotatable bonds is 10. The lowest BCUT2D eigenvalue weighted by Crippen LogP contribution is -2.47. The molecule has 40 heavy (non-hydrogen) atoms. The van der Waals surface area contributed by atoms with Crippen LogP contribution < -0.4 is 9.64 Å². The second-order valence-corrected chi connectivity index (χ2v) is 10.6. The Kier molecular flexibility index (Phi) is 8.66. The highest BCUT2D eigenvalue weighted by atomic mass is 32.1. The van der Waals surface area contributed by atoms with Gasteiger partial charge in [0, 0.05) is 25.1 Å². The average Bonchev–Trinajstić information content (AvgIpc) is 3.70. The van der Waals surface area contributed by atoms with Crippen molar-refractivity contribution >= 4 is 34.6 Å². The first kappa shape index (κ1) is 27.3. The number of benzene rings is 3. The smallest absolute Gasteiger partial charge is 0.250 e. The predicted octanol–water partition coefficient (Wildman–Crippen LogP) is 6.87. The zero-order chi connectivity index (χ0) is 27.9. The molecule has 204 valence electrons. The first-order valence-corrected chi connectivity index (χ1v) is 14.1. The summed E-state index contributed by atoms with van der Waals surface area (Å²) in [6.07, 6.45) is 1.50. The minimum absolute atomic E-state index is 0.0564. The zero-order valence-electron chi connectivity index (χ0n) is 21.9. The van der Waals surface area contributed by atoms with Crippen LogP contribution in [0.25, 0.3) is 0 Å². The third-order valence-corrected chi connectivity index (χ3v) is 7.78. The predicted molar refractivity (Wildman–Crippen MR) is 153 cm³/mol. The van der Waals surface area contributed by atoms with Crippen molar-refractivity contribution in [2.45, 2.75) is 38.3 Å². The summed E-state index contributed by atoms with van der Waals surface area (Å²) in [5, 5.41) is 1.84. The molecule has 0 N–H and O–H groups in total. The number of anilines is 1. The lowest BCUT2D eigenvalue weighted by molar-refractivity contribution is -0.137. The first-order valence-electron chi connectivity index (χ1n) is 13.2. The van der Waals surface area contributed by atoms with E-state index in [1.807, 2.05) is 41.8 Å². The Morgan fingerprint density at radius 2 is 1.57 bits per heavy atom. The monoisotopic (exact) mass is 556 g/mol. The molecule has 1 aliphatic rings. The van der Waals surface area contributed by atoms with Gasteiger partial charge in [0.15, 0.2) is 5.78 Å². The van der Waals surface area contributed by atoms with E-state index in [-0.39, 0.29) is 36.3 Å². The van der Waals surface area contributed by atoms with Crippen LogP contribution in [0, 0.1) is 5.82 Å². The van der Waals surface area contributed by atoms with E-state index in [1.165, 1.54) is 23.5 Å². The van der Waals surface area contributed by atoms with Crippen molar-refractivity contribution in [3.63, 3.8) is 0 Å². The molecular formula is C32H29FN2O4S. The highest BCUT2D eigenvalue weighted by molar-refractivity contribution is 7.12. The third kappa shape index (κ3) is 6.63. The van der Waals surface area contributed by atoms with E-state index in [0.717, 1.165) is 12.0 Å². The molecule has 1 aromatic heterocycles. The summed E-state index contributed by atoms with van der Waals surface area (Å²) in [5.74, 6) is 0.319. The molecule has 5 rings (SSSR count). The van der Waals surface area contributed by atoms with Crippen LogP contribution in [0.1, 0.15) is 40.9 Å². The molecule has 2 amide bonds. The van der Waals surface area contributed by atoms with Gasteiger partial charge in [0.25, 0.3) is 0 Å². The van der Waals surface area contributed by atoms with Gasteiger partial charge in [0.2, 0.25) is 11.8 Å². The lowest BCUT2D eigenvalue weighted by Gasteiger charge is -2.31. The first-order chi connectivity index (χ1) is 19.5. The molecule has 0 bridgehead atoms. The maximum absolute atomic E-state index is 14.0. The fourth-order valence-electron chi connectivity index (χ4n) is 4.82. The number of ether oxygens (including phenoxy) is 1. The molecular weight excluding hydrogens is 527 g/mol. The van der Waals surface area contributed by atoms with Gasteiger partial charge in [-0.05, 0) is 78.4 Å². The topological polar surface area (TPSA) is 66.9 Å². The van der Waals surface area contributed by atoms with Crippen molar-refractivity contribution in [2.24, 2.45) is 0 Å². The third-order valence-electron chi connectivity index (χ3n) is 6.87. The van der Waals surface area contributed by atoms with Crippen molar-refractivity contribution < 1.29 is 23.5 Å². The molecule has 1 saturated heterocycles. The van der Waals surface area contributed by atoms with Gasteiger partial charge in [0.05, 0.1) is 11.4 Å². The molecule has 3 aromatic carbocycles. The lowest BCUT2D eigenvalue weighted by atomic mass is 10.1. The summed E-state index contributed by atoms with van der Waals surface area (Å²) < 4.78 is 19.1. The second kappa shape index (κ2) is 12.7. The number of hydrogen-bond acceptors (Lipinski definition) is 5. The maximum Gasteiger partial charge on any atom is 0.250 e. The molecule has 1 fully saturated rings. The van der Waals surface area contributed by atoms with Gasteiger partial charge in [0.1, 0.15) is 23.4 Å². The number of halogens is 1. The minimum atomic E-state index is -0.594. The number of ketones is 1. The quantitative estimate of drug-likeness (QED) is 0.200. The van der Waals surface area contributed by atoms with Crippen LogP contribution in [0.4, 0.5) is 10.1 Å². The van der Waals surface area contributed by atoms with Crippen LogP contribution in [0.5, 0.6) is 11.5 Å². The van der Waals surface area contributed by atoms with Crippen molar-refractivity contribution in [3.05, 3.63) is 113 Å². The summed E-state index contributed by atoms with van der Waals surface area (Å²) >= 11 is 1.37. The van der Waals surface area contributed by atoms with Crippen LogP contribution in [0.2, 0.25) is 0 Å². The molecule has 0 radical (unpaired) electrons. The van der Waals surface area contributed by atoms with Crippen molar-refractivity contribution in [2.75, 3.05) is 11.4 Å². The average molecular weight is 557 g/mol. The summed E-state index contributed by atoms with van der Waals surface area (Å²) in [6, 6.07) is 25.6. The van der Waals surface area contributed by atoms with Crippen molar-refractivity contribution in [1.82, 2.24) is 4.90 Å². The van der Waals surface area contributed by atoms with Crippen molar-refractivity contribution in [3.8, 4) is 11.5 Å². The molecule has 1 unspecified atom stereocenters. The Morgan fingerprint density at radius 1 is 0.875 bits per heavy atom. The fraction of sp³-hybridized carbons (Fsp3) is 0.219. The van der Waals surface area contributed by atoms with Gasteiger partial charge in [-0.25, -0.2) is 4.39 Å². The van der Waals surface area contributed by atoms with E-state index >= 15 is 0 Å². The van der Waals surface area contributed by atoms with Crippen LogP contribution in [0.15, 0.2) is 96.4 Å². The van der Waals surface area contributed by atoms with Gasteiger partial charge < -0.3 is 14.5 Å². The van der Waals surface area contributed by atoms with Gasteiger partial charge in [-0.3, -0.25) is 14.4 Å². The number of carbonyl (C=O) groups excluding carboxylic acids is 3. The van der Waals surface area contributed by atoms with E-state index < -0.39 is 6.04 Å². The largest absolute Gasteiger partial charge is 0.457 e. The zero-order valence-corrected chi connectivity index (χ0v) is 22.7. The number of hydrogen-bond donors (Lipinski definition) is 0. The Bertz CT molecular complexity index is 1440. The van der Waals surface area contributed by atoms with Crippen LogP contribution >= 0.6 is 11.3 Å². The molecule has 0 spiro atoms. The molecule has 4 aromatic rings. The Balaban J connectivity index is 1.32.